The highest BCUT2D eigenvalue weighted by molar-refractivity contribution is 5.91. The molecule has 0 radical (unpaired) electrons. The van der Waals surface area contributed by atoms with Gasteiger partial charge in [-0.3, -0.25) is 4.79 Å². The van der Waals surface area contributed by atoms with Gasteiger partial charge in [0.25, 0.3) is 0 Å². The zero-order valence-electron chi connectivity index (χ0n) is 16.2. The molecule has 0 saturated carbocycles. The molecule has 28 heavy (non-hydrogen) atoms. The van der Waals surface area contributed by atoms with Crippen molar-refractivity contribution >= 4 is 22.6 Å². The number of unbranched alkanes of at least 4 members (excludes halogenated alkanes) is 1. The fourth-order valence-corrected chi connectivity index (χ4v) is 2.92. The van der Waals surface area contributed by atoms with Crippen molar-refractivity contribution in [2.24, 2.45) is 0 Å². The van der Waals surface area contributed by atoms with E-state index in [1.54, 1.807) is 0 Å². The SMILES string of the molecule is CCCCN(C)CCC(=O)Nc1c(C#N)cnn1-c1ccc2ccccc2n1. The van der Waals surface area contributed by atoms with Gasteiger partial charge in [0.15, 0.2) is 11.6 Å². The quantitative estimate of drug-likeness (QED) is 0.651. The van der Waals surface area contributed by atoms with Crippen molar-refractivity contribution in [1.82, 2.24) is 19.7 Å². The molecule has 2 heterocycles. The maximum atomic E-state index is 12.4. The zero-order chi connectivity index (χ0) is 19.9. The third-order valence-electron chi connectivity index (χ3n) is 4.56. The summed E-state index contributed by atoms with van der Waals surface area (Å²) < 4.78 is 1.50. The number of benzene rings is 1. The first kappa shape index (κ1) is 19.5. The summed E-state index contributed by atoms with van der Waals surface area (Å²) in [6.45, 7) is 3.77. The summed E-state index contributed by atoms with van der Waals surface area (Å²) in [6.07, 6.45) is 4.03. The van der Waals surface area contributed by atoms with Crippen molar-refractivity contribution in [2.45, 2.75) is 26.2 Å². The normalized spacial score (nSPS) is 10.9. The van der Waals surface area contributed by atoms with Crippen LogP contribution in [0.2, 0.25) is 0 Å². The van der Waals surface area contributed by atoms with Gasteiger partial charge in [-0.15, -0.1) is 0 Å². The number of amides is 1. The number of carbonyl (C=O) groups excluding carboxylic acids is 1. The molecule has 0 saturated heterocycles. The third-order valence-corrected chi connectivity index (χ3v) is 4.56. The van der Waals surface area contributed by atoms with Crippen LogP contribution in [-0.4, -0.2) is 45.7 Å². The molecule has 1 N–H and O–H groups in total. The molecular weight excluding hydrogens is 352 g/mol. The van der Waals surface area contributed by atoms with Gasteiger partial charge in [0.2, 0.25) is 5.91 Å². The molecule has 3 rings (SSSR count). The number of rotatable bonds is 8. The lowest BCUT2D eigenvalue weighted by Crippen LogP contribution is -2.26. The van der Waals surface area contributed by atoms with Crippen LogP contribution in [0.25, 0.3) is 16.7 Å². The van der Waals surface area contributed by atoms with Gasteiger partial charge in [-0.1, -0.05) is 31.5 Å². The van der Waals surface area contributed by atoms with Gasteiger partial charge in [-0.2, -0.15) is 15.0 Å². The predicted octanol–water partition coefficient (Wildman–Crippen LogP) is 3.35. The number of carbonyl (C=O) groups is 1. The van der Waals surface area contributed by atoms with E-state index in [0.29, 0.717) is 30.2 Å². The summed E-state index contributed by atoms with van der Waals surface area (Å²) in [5.41, 5.74) is 1.13. The van der Waals surface area contributed by atoms with Gasteiger partial charge in [-0.25, -0.2) is 4.98 Å². The van der Waals surface area contributed by atoms with Crippen LogP contribution in [0.1, 0.15) is 31.7 Å². The second-order valence-electron chi connectivity index (χ2n) is 6.75. The Morgan fingerprint density at radius 3 is 2.86 bits per heavy atom. The van der Waals surface area contributed by atoms with Crippen LogP contribution >= 0.6 is 0 Å². The molecule has 0 unspecified atom stereocenters. The molecule has 7 heteroatoms. The lowest BCUT2D eigenvalue weighted by atomic mass is 10.2. The molecule has 0 aliphatic heterocycles. The van der Waals surface area contributed by atoms with E-state index in [1.807, 2.05) is 43.4 Å². The summed E-state index contributed by atoms with van der Waals surface area (Å²) >= 11 is 0. The summed E-state index contributed by atoms with van der Waals surface area (Å²) in [5, 5.41) is 17.5. The Bertz CT molecular complexity index is 1000. The number of nitrogens with one attached hydrogen (secondary N) is 1. The Balaban J connectivity index is 1.78. The number of nitriles is 1. The van der Waals surface area contributed by atoms with Crippen LogP contribution in [0.3, 0.4) is 0 Å². The number of nitrogens with zero attached hydrogens (tertiary/aromatic N) is 5. The van der Waals surface area contributed by atoms with Crippen molar-refractivity contribution in [1.29, 1.82) is 5.26 Å². The summed E-state index contributed by atoms with van der Waals surface area (Å²) in [4.78, 5) is 19.2. The average molecular weight is 376 g/mol. The Labute approximate surface area is 164 Å². The zero-order valence-corrected chi connectivity index (χ0v) is 16.2. The van der Waals surface area contributed by atoms with E-state index in [-0.39, 0.29) is 5.91 Å². The molecule has 0 fully saturated rings. The van der Waals surface area contributed by atoms with Crippen molar-refractivity contribution < 1.29 is 4.79 Å². The van der Waals surface area contributed by atoms with E-state index in [0.717, 1.165) is 30.3 Å². The minimum Gasteiger partial charge on any atom is -0.309 e. The van der Waals surface area contributed by atoms with E-state index in [1.165, 1.54) is 10.9 Å². The average Bonchev–Trinajstić information content (AvgIpc) is 3.12. The van der Waals surface area contributed by atoms with Crippen LogP contribution in [-0.2, 0) is 4.79 Å². The fraction of sp³-hybridized carbons (Fsp3) is 0.333. The molecular formula is C21H24N6O. The number of anilines is 1. The van der Waals surface area contributed by atoms with Gasteiger partial charge in [0.1, 0.15) is 11.6 Å². The predicted molar refractivity (Wildman–Crippen MR) is 109 cm³/mol. The van der Waals surface area contributed by atoms with Crippen molar-refractivity contribution in [3.63, 3.8) is 0 Å². The highest BCUT2D eigenvalue weighted by atomic mass is 16.1. The van der Waals surface area contributed by atoms with Crippen molar-refractivity contribution in [3.8, 4) is 11.9 Å². The molecule has 1 aromatic carbocycles. The molecule has 7 nitrogen and oxygen atoms in total. The van der Waals surface area contributed by atoms with E-state index in [9.17, 15) is 10.1 Å². The fourth-order valence-electron chi connectivity index (χ4n) is 2.92. The lowest BCUT2D eigenvalue weighted by molar-refractivity contribution is -0.116. The van der Waals surface area contributed by atoms with Crippen LogP contribution in [0.5, 0.6) is 0 Å². The van der Waals surface area contributed by atoms with Crippen molar-refractivity contribution in [3.05, 3.63) is 48.2 Å². The standard InChI is InChI=1S/C21H24N6O/c1-3-4-12-26(2)13-11-20(28)25-21-17(14-22)15-23-27(21)19-10-9-16-7-5-6-8-18(16)24-19/h5-10,15H,3-4,11-13H2,1-2H3,(H,25,28). The number of aromatic nitrogens is 3. The van der Waals surface area contributed by atoms with Gasteiger partial charge in [0, 0.05) is 18.4 Å². The number of para-hydroxylation sites is 1. The van der Waals surface area contributed by atoms with Crippen LogP contribution in [0, 0.1) is 11.3 Å². The summed E-state index contributed by atoms with van der Waals surface area (Å²) in [7, 11) is 2.01. The number of hydrogen-bond donors (Lipinski definition) is 1. The molecule has 2 aromatic heterocycles. The van der Waals surface area contributed by atoms with Crippen LogP contribution in [0.15, 0.2) is 42.6 Å². The summed E-state index contributed by atoms with van der Waals surface area (Å²) in [5.74, 6) is 0.754. The van der Waals surface area contributed by atoms with E-state index in [4.69, 9.17) is 0 Å². The van der Waals surface area contributed by atoms with Gasteiger partial charge in [0.05, 0.1) is 11.7 Å². The largest absolute Gasteiger partial charge is 0.309 e. The first-order valence-electron chi connectivity index (χ1n) is 9.45. The van der Waals surface area contributed by atoms with Gasteiger partial charge < -0.3 is 10.2 Å². The molecule has 0 aliphatic rings. The third kappa shape index (κ3) is 4.53. The lowest BCUT2D eigenvalue weighted by Gasteiger charge is -2.16. The Morgan fingerprint density at radius 2 is 2.07 bits per heavy atom. The molecule has 0 aliphatic carbocycles. The minimum absolute atomic E-state index is 0.151. The van der Waals surface area contributed by atoms with Gasteiger partial charge >= 0.3 is 0 Å². The first-order valence-corrected chi connectivity index (χ1v) is 9.45. The number of hydrogen-bond acceptors (Lipinski definition) is 5. The van der Waals surface area contributed by atoms with Crippen LogP contribution in [0.4, 0.5) is 5.82 Å². The Morgan fingerprint density at radius 1 is 1.25 bits per heavy atom. The molecule has 0 bridgehead atoms. The molecule has 144 valence electrons. The minimum atomic E-state index is -0.151. The maximum Gasteiger partial charge on any atom is 0.226 e. The molecule has 3 aromatic rings. The van der Waals surface area contributed by atoms with Crippen molar-refractivity contribution in [2.75, 3.05) is 25.5 Å². The second kappa shape index (κ2) is 9.11. The number of fused-ring (bicyclic) bond motifs is 1. The molecule has 0 spiro atoms. The van der Waals surface area contributed by atoms with Gasteiger partial charge in [-0.05, 0) is 38.2 Å². The second-order valence-corrected chi connectivity index (χ2v) is 6.75. The molecule has 0 atom stereocenters. The first-order chi connectivity index (χ1) is 13.6. The van der Waals surface area contributed by atoms with Crippen LogP contribution < -0.4 is 5.32 Å². The van der Waals surface area contributed by atoms with E-state index in [2.05, 4.69) is 33.3 Å². The van der Waals surface area contributed by atoms with E-state index < -0.39 is 0 Å². The Hall–Kier alpha value is -3.24. The highest BCUT2D eigenvalue weighted by Crippen LogP contribution is 2.21. The summed E-state index contributed by atoms with van der Waals surface area (Å²) in [6, 6.07) is 13.6. The molecule has 1 amide bonds. The highest BCUT2D eigenvalue weighted by Gasteiger charge is 2.16. The topological polar surface area (TPSA) is 86.8 Å². The maximum absolute atomic E-state index is 12.4. The Kier molecular flexibility index (Phi) is 6.35. The smallest absolute Gasteiger partial charge is 0.226 e. The number of pyridine rings is 1. The van der Waals surface area contributed by atoms with E-state index >= 15 is 0 Å². The monoisotopic (exact) mass is 376 g/mol.